The zero-order valence-electron chi connectivity index (χ0n) is 15.5. The number of carbonyl (C=O) groups excluding carboxylic acids is 2. The lowest BCUT2D eigenvalue weighted by Gasteiger charge is -2.04. The van der Waals surface area contributed by atoms with Gasteiger partial charge in [0.25, 0.3) is 0 Å². The molecule has 0 unspecified atom stereocenters. The van der Waals surface area contributed by atoms with Gasteiger partial charge in [-0.05, 0) is 42.1 Å². The van der Waals surface area contributed by atoms with Crippen molar-refractivity contribution in [2.24, 2.45) is 0 Å². The third kappa shape index (κ3) is 4.16. The Balaban J connectivity index is 0.000000161. The molecule has 0 aliphatic heterocycles. The maximum absolute atomic E-state index is 11.4. The summed E-state index contributed by atoms with van der Waals surface area (Å²) in [6.45, 7) is 3.16. The van der Waals surface area contributed by atoms with Crippen LogP contribution in [0.3, 0.4) is 0 Å². The summed E-state index contributed by atoms with van der Waals surface area (Å²) >= 11 is 9.49. The minimum absolute atomic E-state index is 0.0675. The minimum Gasteiger partial charge on any atom is -0.294 e. The Labute approximate surface area is 177 Å². The zero-order chi connectivity index (χ0) is 20.3. The van der Waals surface area contributed by atoms with Gasteiger partial charge in [0.05, 0.1) is 0 Å². The summed E-state index contributed by atoms with van der Waals surface area (Å²) in [5.41, 5.74) is 1.51. The minimum atomic E-state index is 0.0675. The van der Waals surface area contributed by atoms with Crippen molar-refractivity contribution in [1.82, 2.24) is 0 Å². The summed E-state index contributed by atoms with van der Waals surface area (Å²) < 4.78 is 1.03. The van der Waals surface area contributed by atoms with Gasteiger partial charge in [-0.15, -0.1) is 0 Å². The quantitative estimate of drug-likeness (QED) is 0.294. The Morgan fingerprint density at radius 2 is 1.07 bits per heavy atom. The number of benzene rings is 4. The first kappa shape index (κ1) is 20.2. The van der Waals surface area contributed by atoms with Crippen molar-refractivity contribution in [1.29, 1.82) is 0 Å². The first-order valence-corrected chi connectivity index (χ1v) is 9.93. The molecule has 140 valence electrons. The van der Waals surface area contributed by atoms with Crippen molar-refractivity contribution >= 4 is 60.6 Å². The van der Waals surface area contributed by atoms with Crippen LogP contribution in [0.1, 0.15) is 34.6 Å². The first-order chi connectivity index (χ1) is 13.4. The molecule has 4 rings (SSSR count). The van der Waals surface area contributed by atoms with Gasteiger partial charge in [-0.3, -0.25) is 9.59 Å². The lowest BCUT2D eigenvalue weighted by molar-refractivity contribution is 0.101. The van der Waals surface area contributed by atoms with Crippen LogP contribution in [-0.4, -0.2) is 11.6 Å². The predicted octanol–water partition coefficient (Wildman–Crippen LogP) is 7.50. The van der Waals surface area contributed by atoms with Crippen molar-refractivity contribution in [2.75, 3.05) is 0 Å². The van der Waals surface area contributed by atoms with Crippen LogP contribution in [-0.2, 0) is 0 Å². The molecule has 0 fully saturated rings. The smallest absolute Gasteiger partial charge is 0.160 e. The highest BCUT2D eigenvalue weighted by atomic mass is 79.9. The molecule has 0 heterocycles. The topological polar surface area (TPSA) is 34.1 Å². The average Bonchev–Trinajstić information content (AvgIpc) is 2.68. The Kier molecular flexibility index (Phi) is 6.28. The SMILES string of the molecule is CC(=O)c1cccc2c(Br)cccc12.CC(=O)c1cccc2c(Cl)cccc12. The van der Waals surface area contributed by atoms with E-state index in [9.17, 15) is 9.59 Å². The maximum atomic E-state index is 11.4. The van der Waals surface area contributed by atoms with E-state index in [0.29, 0.717) is 5.02 Å². The number of halogens is 2. The van der Waals surface area contributed by atoms with Crippen LogP contribution in [0.15, 0.2) is 77.3 Å². The molecule has 0 aliphatic rings. The fourth-order valence-corrected chi connectivity index (χ4v) is 3.89. The number of rotatable bonds is 2. The van der Waals surface area contributed by atoms with E-state index in [1.165, 1.54) is 0 Å². The lowest BCUT2D eigenvalue weighted by Crippen LogP contribution is -1.92. The van der Waals surface area contributed by atoms with Crippen LogP contribution < -0.4 is 0 Å². The van der Waals surface area contributed by atoms with Gasteiger partial charge >= 0.3 is 0 Å². The number of hydrogen-bond acceptors (Lipinski definition) is 2. The summed E-state index contributed by atoms with van der Waals surface area (Å²) in [6.07, 6.45) is 0. The monoisotopic (exact) mass is 452 g/mol. The van der Waals surface area contributed by atoms with Gasteiger partial charge in [-0.2, -0.15) is 0 Å². The lowest BCUT2D eigenvalue weighted by atomic mass is 10.0. The number of carbonyl (C=O) groups is 2. The maximum Gasteiger partial charge on any atom is 0.160 e. The highest BCUT2D eigenvalue weighted by Gasteiger charge is 2.07. The normalized spacial score (nSPS) is 10.4. The number of Topliss-reactive ketones (excluding diaryl/α,β-unsaturated/α-hetero) is 2. The van der Waals surface area contributed by atoms with Crippen molar-refractivity contribution in [3.05, 3.63) is 93.4 Å². The molecule has 0 saturated carbocycles. The molecule has 4 heteroatoms. The molecule has 28 heavy (non-hydrogen) atoms. The van der Waals surface area contributed by atoms with Gasteiger partial charge in [0.1, 0.15) is 0 Å². The molecule has 0 N–H and O–H groups in total. The van der Waals surface area contributed by atoms with E-state index in [1.54, 1.807) is 13.8 Å². The van der Waals surface area contributed by atoms with E-state index in [-0.39, 0.29) is 11.6 Å². The van der Waals surface area contributed by atoms with Crippen LogP contribution in [0.2, 0.25) is 5.02 Å². The van der Waals surface area contributed by atoms with Crippen molar-refractivity contribution in [3.63, 3.8) is 0 Å². The second kappa shape index (κ2) is 8.68. The molecule has 0 saturated heterocycles. The van der Waals surface area contributed by atoms with E-state index in [4.69, 9.17) is 11.6 Å². The van der Waals surface area contributed by atoms with Gasteiger partial charge in [-0.25, -0.2) is 0 Å². The molecular weight excluding hydrogens is 436 g/mol. The molecule has 2 nitrogen and oxygen atoms in total. The second-order valence-corrected chi connectivity index (χ2v) is 7.65. The highest BCUT2D eigenvalue weighted by Crippen LogP contribution is 2.27. The van der Waals surface area contributed by atoms with E-state index < -0.39 is 0 Å². The summed E-state index contributed by atoms with van der Waals surface area (Å²) in [6, 6.07) is 22.9. The van der Waals surface area contributed by atoms with Gasteiger partial charge in [0.15, 0.2) is 11.6 Å². The Morgan fingerprint density at radius 1 is 0.643 bits per heavy atom. The van der Waals surface area contributed by atoms with Gasteiger partial charge < -0.3 is 0 Å². The standard InChI is InChI=1S/C12H9BrO.C12H9ClO/c2*1-8(14)9-4-2-6-11-10(9)5-3-7-12(11)13/h2*2-7H,1H3. The summed E-state index contributed by atoms with van der Waals surface area (Å²) in [4.78, 5) is 22.7. The number of fused-ring (bicyclic) bond motifs is 2. The van der Waals surface area contributed by atoms with Crippen LogP contribution in [0.25, 0.3) is 21.5 Å². The molecule has 0 amide bonds. The third-order valence-electron chi connectivity index (χ3n) is 4.50. The van der Waals surface area contributed by atoms with Crippen molar-refractivity contribution in [3.8, 4) is 0 Å². The zero-order valence-corrected chi connectivity index (χ0v) is 17.8. The van der Waals surface area contributed by atoms with E-state index >= 15 is 0 Å². The predicted molar refractivity (Wildman–Crippen MR) is 121 cm³/mol. The van der Waals surface area contributed by atoms with Crippen LogP contribution in [0.5, 0.6) is 0 Å². The van der Waals surface area contributed by atoms with Crippen LogP contribution in [0.4, 0.5) is 0 Å². The summed E-state index contributed by atoms with van der Waals surface area (Å²) in [5.74, 6) is 0.173. The number of hydrogen-bond donors (Lipinski definition) is 0. The first-order valence-electron chi connectivity index (χ1n) is 8.76. The average molecular weight is 454 g/mol. The van der Waals surface area contributed by atoms with Gasteiger partial charge in [-0.1, -0.05) is 88.2 Å². The summed E-state index contributed by atoms with van der Waals surface area (Å²) in [7, 11) is 0. The fraction of sp³-hybridized carbons (Fsp3) is 0.0833. The molecule has 0 aliphatic carbocycles. The fourth-order valence-electron chi connectivity index (χ4n) is 3.16. The Morgan fingerprint density at radius 3 is 1.64 bits per heavy atom. The molecular formula is C24H18BrClO2. The van der Waals surface area contributed by atoms with E-state index in [2.05, 4.69) is 15.9 Å². The van der Waals surface area contributed by atoms with Crippen LogP contribution in [0, 0.1) is 0 Å². The summed E-state index contributed by atoms with van der Waals surface area (Å²) in [5, 5.41) is 4.63. The second-order valence-electron chi connectivity index (χ2n) is 6.39. The molecule has 0 radical (unpaired) electrons. The molecule has 4 aromatic carbocycles. The number of ketones is 2. The van der Waals surface area contributed by atoms with Gasteiger partial charge in [0.2, 0.25) is 0 Å². The van der Waals surface area contributed by atoms with Crippen LogP contribution >= 0.6 is 27.5 Å². The van der Waals surface area contributed by atoms with Crippen molar-refractivity contribution < 1.29 is 9.59 Å². The largest absolute Gasteiger partial charge is 0.294 e. The molecule has 0 atom stereocenters. The van der Waals surface area contributed by atoms with Crippen molar-refractivity contribution in [2.45, 2.75) is 13.8 Å². The Bertz CT molecular complexity index is 1100. The van der Waals surface area contributed by atoms with E-state index in [0.717, 1.165) is 37.1 Å². The molecule has 0 bridgehead atoms. The molecule has 0 aromatic heterocycles. The Hall–Kier alpha value is -2.49. The molecule has 4 aromatic rings. The third-order valence-corrected chi connectivity index (χ3v) is 5.52. The van der Waals surface area contributed by atoms with Gasteiger partial charge in [0, 0.05) is 26.0 Å². The molecule has 0 spiro atoms. The van der Waals surface area contributed by atoms with E-state index in [1.807, 2.05) is 72.8 Å². The highest BCUT2D eigenvalue weighted by molar-refractivity contribution is 9.10.